The molecule has 0 fully saturated rings. The average molecular weight is 282 g/mol. The van der Waals surface area contributed by atoms with Gasteiger partial charge in [-0.2, -0.15) is 5.10 Å². The Labute approximate surface area is 123 Å². The van der Waals surface area contributed by atoms with Crippen LogP contribution in [0, 0.1) is 6.92 Å². The van der Waals surface area contributed by atoms with Crippen molar-refractivity contribution in [2.45, 2.75) is 26.3 Å². The Balaban J connectivity index is 1.70. The van der Waals surface area contributed by atoms with Crippen LogP contribution in [0.4, 0.5) is 5.82 Å². The fourth-order valence-electron chi connectivity index (χ4n) is 2.41. The first-order valence-electron chi connectivity index (χ1n) is 6.95. The van der Waals surface area contributed by atoms with Crippen molar-refractivity contribution in [3.8, 4) is 11.3 Å². The van der Waals surface area contributed by atoms with Crippen LogP contribution in [0.15, 0.2) is 37.1 Å². The van der Waals surface area contributed by atoms with Gasteiger partial charge in [-0.15, -0.1) is 0 Å². The molecule has 0 unspecified atom stereocenters. The van der Waals surface area contributed by atoms with Crippen molar-refractivity contribution < 1.29 is 0 Å². The van der Waals surface area contributed by atoms with E-state index in [1.165, 1.54) is 5.56 Å². The van der Waals surface area contributed by atoms with Crippen LogP contribution >= 0.6 is 0 Å². The fraction of sp³-hybridized carbons (Fsp3) is 0.267. The van der Waals surface area contributed by atoms with E-state index in [0.717, 1.165) is 36.3 Å². The molecule has 108 valence electrons. The van der Waals surface area contributed by atoms with Gasteiger partial charge in [-0.1, -0.05) is 0 Å². The number of anilines is 1. The molecule has 3 aromatic rings. The van der Waals surface area contributed by atoms with E-state index < -0.39 is 0 Å². The zero-order valence-electron chi connectivity index (χ0n) is 12.0. The lowest BCUT2D eigenvalue weighted by molar-refractivity contribution is 0.645. The summed E-state index contributed by atoms with van der Waals surface area (Å²) >= 11 is 0. The summed E-state index contributed by atoms with van der Waals surface area (Å²) in [7, 11) is 0. The molecule has 3 aromatic heterocycles. The van der Waals surface area contributed by atoms with Crippen molar-refractivity contribution in [3.05, 3.63) is 48.3 Å². The van der Waals surface area contributed by atoms with E-state index in [-0.39, 0.29) is 0 Å². The summed E-state index contributed by atoms with van der Waals surface area (Å²) in [5, 5.41) is 7.01. The molecule has 0 atom stereocenters. The SMILES string of the molecule is Cc1[nH]ncc1CCCn1cncc1-c1ccnc(N)c1. The van der Waals surface area contributed by atoms with Gasteiger partial charge in [-0.3, -0.25) is 5.10 Å². The van der Waals surface area contributed by atoms with Crippen LogP contribution in [0.5, 0.6) is 0 Å². The zero-order valence-corrected chi connectivity index (χ0v) is 12.0. The predicted octanol–water partition coefficient (Wildman–Crippen LogP) is 2.19. The molecule has 0 spiro atoms. The van der Waals surface area contributed by atoms with Crippen molar-refractivity contribution in [1.29, 1.82) is 0 Å². The normalized spacial score (nSPS) is 10.9. The number of pyridine rings is 1. The van der Waals surface area contributed by atoms with Crippen LogP contribution in [0.1, 0.15) is 17.7 Å². The largest absolute Gasteiger partial charge is 0.384 e. The van der Waals surface area contributed by atoms with Crippen LogP contribution in [0.25, 0.3) is 11.3 Å². The minimum Gasteiger partial charge on any atom is -0.384 e. The Morgan fingerprint density at radius 1 is 1.33 bits per heavy atom. The van der Waals surface area contributed by atoms with Gasteiger partial charge in [0, 0.05) is 24.0 Å². The molecule has 3 heterocycles. The Morgan fingerprint density at radius 2 is 2.24 bits per heavy atom. The molecule has 0 saturated heterocycles. The smallest absolute Gasteiger partial charge is 0.123 e. The summed E-state index contributed by atoms with van der Waals surface area (Å²) in [6.45, 7) is 2.95. The summed E-state index contributed by atoms with van der Waals surface area (Å²) in [6, 6.07) is 3.82. The van der Waals surface area contributed by atoms with Gasteiger partial charge >= 0.3 is 0 Å². The number of nitrogens with zero attached hydrogens (tertiary/aromatic N) is 4. The van der Waals surface area contributed by atoms with Crippen LogP contribution in [-0.4, -0.2) is 24.7 Å². The number of aromatic amines is 1. The van der Waals surface area contributed by atoms with Gasteiger partial charge in [0.25, 0.3) is 0 Å². The van der Waals surface area contributed by atoms with Crippen LogP contribution in [0.3, 0.4) is 0 Å². The predicted molar refractivity (Wildman–Crippen MR) is 81.5 cm³/mol. The van der Waals surface area contributed by atoms with Gasteiger partial charge in [-0.25, -0.2) is 9.97 Å². The van der Waals surface area contributed by atoms with Crippen molar-refractivity contribution in [1.82, 2.24) is 24.7 Å². The maximum absolute atomic E-state index is 5.74. The highest BCUT2D eigenvalue weighted by Gasteiger charge is 2.06. The average Bonchev–Trinajstić information content (AvgIpc) is 3.09. The molecule has 0 amide bonds. The minimum absolute atomic E-state index is 0.522. The fourth-order valence-corrected chi connectivity index (χ4v) is 2.41. The highest BCUT2D eigenvalue weighted by molar-refractivity contribution is 5.61. The molecule has 0 aliphatic heterocycles. The number of hydrogen-bond acceptors (Lipinski definition) is 4. The lowest BCUT2D eigenvalue weighted by Gasteiger charge is -2.08. The monoisotopic (exact) mass is 282 g/mol. The summed E-state index contributed by atoms with van der Waals surface area (Å²) < 4.78 is 2.14. The van der Waals surface area contributed by atoms with Crippen LogP contribution < -0.4 is 5.73 Å². The molecule has 21 heavy (non-hydrogen) atoms. The Hall–Kier alpha value is -2.63. The third kappa shape index (κ3) is 2.94. The second-order valence-electron chi connectivity index (χ2n) is 5.07. The number of nitrogens with two attached hydrogens (primary N) is 1. The Bertz CT molecular complexity index is 727. The van der Waals surface area contributed by atoms with E-state index in [2.05, 4.69) is 24.7 Å². The highest BCUT2D eigenvalue weighted by atomic mass is 15.1. The van der Waals surface area contributed by atoms with E-state index in [9.17, 15) is 0 Å². The quantitative estimate of drug-likeness (QED) is 0.751. The summed E-state index contributed by atoms with van der Waals surface area (Å²) in [5.41, 5.74) is 10.3. The van der Waals surface area contributed by atoms with Gasteiger partial charge in [0.05, 0.1) is 24.4 Å². The first-order chi connectivity index (χ1) is 10.2. The summed E-state index contributed by atoms with van der Waals surface area (Å²) in [5.74, 6) is 0.522. The third-order valence-corrected chi connectivity index (χ3v) is 3.57. The zero-order chi connectivity index (χ0) is 14.7. The summed E-state index contributed by atoms with van der Waals surface area (Å²) in [6.07, 6.45) is 9.36. The van der Waals surface area contributed by atoms with Crippen molar-refractivity contribution in [2.24, 2.45) is 0 Å². The molecule has 0 aromatic carbocycles. The Kier molecular flexibility index (Phi) is 3.68. The molecule has 0 bridgehead atoms. The second kappa shape index (κ2) is 5.78. The van der Waals surface area contributed by atoms with Crippen molar-refractivity contribution >= 4 is 5.82 Å². The third-order valence-electron chi connectivity index (χ3n) is 3.57. The maximum Gasteiger partial charge on any atom is 0.123 e. The van der Waals surface area contributed by atoms with Gasteiger partial charge in [-0.05, 0) is 37.5 Å². The second-order valence-corrected chi connectivity index (χ2v) is 5.07. The van der Waals surface area contributed by atoms with Crippen LogP contribution in [0.2, 0.25) is 0 Å². The molecule has 3 rings (SSSR count). The lowest BCUT2D eigenvalue weighted by atomic mass is 10.1. The molecule has 3 N–H and O–H groups in total. The maximum atomic E-state index is 5.74. The van der Waals surface area contributed by atoms with E-state index in [1.807, 2.05) is 37.8 Å². The van der Waals surface area contributed by atoms with Gasteiger partial charge in [0.2, 0.25) is 0 Å². The summed E-state index contributed by atoms with van der Waals surface area (Å²) in [4.78, 5) is 8.27. The van der Waals surface area contributed by atoms with Crippen LogP contribution in [-0.2, 0) is 13.0 Å². The lowest BCUT2D eigenvalue weighted by Crippen LogP contribution is -2.01. The standard InChI is InChI=1S/C15H18N6/c1-11-13(8-19-20-11)3-2-6-21-10-17-9-14(21)12-4-5-18-15(16)7-12/h4-5,7-10H,2-3,6H2,1H3,(H2,16,18)(H,19,20). The van der Waals surface area contributed by atoms with Gasteiger partial charge in [0.15, 0.2) is 0 Å². The number of H-pyrrole nitrogens is 1. The van der Waals surface area contributed by atoms with Gasteiger partial charge < -0.3 is 10.3 Å². The molecular formula is C15H18N6. The number of aromatic nitrogens is 5. The van der Waals surface area contributed by atoms with Gasteiger partial charge in [0.1, 0.15) is 5.82 Å². The van der Waals surface area contributed by atoms with E-state index >= 15 is 0 Å². The Morgan fingerprint density at radius 3 is 3.00 bits per heavy atom. The highest BCUT2D eigenvalue weighted by Crippen LogP contribution is 2.20. The molecule has 6 nitrogen and oxygen atoms in total. The first-order valence-corrected chi connectivity index (χ1v) is 6.95. The number of hydrogen-bond donors (Lipinski definition) is 2. The minimum atomic E-state index is 0.522. The van der Waals surface area contributed by atoms with Crippen molar-refractivity contribution in [2.75, 3.05) is 5.73 Å². The number of rotatable bonds is 5. The molecule has 0 radical (unpaired) electrons. The number of imidazole rings is 1. The number of aryl methyl sites for hydroxylation is 3. The van der Waals surface area contributed by atoms with E-state index in [0.29, 0.717) is 5.82 Å². The molecule has 0 aliphatic carbocycles. The number of nitrogen functional groups attached to an aromatic ring is 1. The van der Waals surface area contributed by atoms with E-state index in [1.54, 1.807) is 6.20 Å². The number of nitrogens with one attached hydrogen (secondary N) is 1. The first kappa shape index (κ1) is 13.4. The molecule has 6 heteroatoms. The van der Waals surface area contributed by atoms with Crippen molar-refractivity contribution in [3.63, 3.8) is 0 Å². The topological polar surface area (TPSA) is 85.4 Å². The molecule has 0 aliphatic rings. The van der Waals surface area contributed by atoms with E-state index in [4.69, 9.17) is 5.73 Å². The molecular weight excluding hydrogens is 264 g/mol. The molecule has 0 saturated carbocycles.